The smallest absolute Gasteiger partial charge is 0.394 e. The molecule has 2 unspecified atom stereocenters. The topological polar surface area (TPSA) is 241 Å². The van der Waals surface area contributed by atoms with E-state index in [0.29, 0.717) is 12.8 Å². The molecule has 7 N–H and O–H groups in total. The Morgan fingerprint density at radius 3 is 2.80 bits per heavy atom. The minimum atomic E-state index is -4.68. The minimum absolute atomic E-state index is 0.00451. The van der Waals surface area contributed by atoms with Crippen LogP contribution in [0.2, 0.25) is 0 Å². The largest absolute Gasteiger partial charge is 0.472 e. The first kappa shape index (κ1) is 26.7. The van der Waals surface area contributed by atoms with Crippen molar-refractivity contribution >= 4 is 41.8 Å². The van der Waals surface area contributed by atoms with Crippen LogP contribution in [0, 0.1) is 5.82 Å². The number of hydrogen-bond acceptors (Lipinski definition) is 13. The number of fused-ring (bicyclic) bond motifs is 2. The summed E-state index contributed by atoms with van der Waals surface area (Å²) in [7, 11) is -4.68. The van der Waals surface area contributed by atoms with E-state index < -0.39 is 56.6 Å². The van der Waals surface area contributed by atoms with E-state index in [2.05, 4.69) is 24.9 Å². The summed E-state index contributed by atoms with van der Waals surface area (Å²) >= 11 is 0. The van der Waals surface area contributed by atoms with Gasteiger partial charge in [-0.1, -0.05) is 0 Å². The number of aliphatic hydroxyl groups is 1. The maximum atomic E-state index is 14.4. The lowest BCUT2D eigenvalue weighted by Crippen LogP contribution is -2.24. The number of rotatable bonds is 8. The number of imidazole rings is 1. The van der Waals surface area contributed by atoms with Crippen molar-refractivity contribution < 1.29 is 37.5 Å². The van der Waals surface area contributed by atoms with Crippen molar-refractivity contribution in [3.63, 3.8) is 0 Å². The zero-order valence-electron chi connectivity index (χ0n) is 20.7. The number of anilines is 2. The monoisotopic (exact) mass is 581 g/mol. The van der Waals surface area contributed by atoms with Crippen LogP contribution >= 0.6 is 7.82 Å². The van der Waals surface area contributed by atoms with E-state index in [1.54, 1.807) is 0 Å². The van der Waals surface area contributed by atoms with Crippen LogP contribution in [0.1, 0.15) is 31.7 Å². The van der Waals surface area contributed by atoms with Crippen LogP contribution < -0.4 is 17.0 Å². The Balaban J connectivity index is 1.13. The molecule has 17 nitrogen and oxygen atoms in total. The van der Waals surface area contributed by atoms with Gasteiger partial charge in [-0.15, -0.1) is 0 Å². The highest BCUT2D eigenvalue weighted by molar-refractivity contribution is 7.47. The predicted molar refractivity (Wildman–Crippen MR) is 134 cm³/mol. The Morgan fingerprint density at radius 1 is 1.18 bits per heavy atom. The number of phosphoric ester groups is 1. The van der Waals surface area contributed by atoms with E-state index in [9.17, 15) is 23.7 Å². The first-order chi connectivity index (χ1) is 19.1. The van der Waals surface area contributed by atoms with E-state index >= 15 is 0 Å². The van der Waals surface area contributed by atoms with Crippen LogP contribution in [0.5, 0.6) is 0 Å². The van der Waals surface area contributed by atoms with Crippen LogP contribution in [0.15, 0.2) is 23.6 Å². The quantitative estimate of drug-likeness (QED) is 0.176. The average Bonchev–Trinajstić information content (AvgIpc) is 3.68. The summed E-state index contributed by atoms with van der Waals surface area (Å²) in [6, 6.07) is 0. The van der Waals surface area contributed by atoms with Crippen molar-refractivity contribution in [2.24, 2.45) is 0 Å². The standard InChI is InChI=1S/C21H25FN9O8P/c22-11-4-30(17-14(11)16(23)25-7-26-17)13-2-1-9(37-13)6-36-40(34,35)39-12-3-10(5-32)38-20(12)31-8-27-15-18(31)28-21(24)29-19(15)33/h4,7-10,12-13,20,32H,1-3,5-6H2,(H,34,35)(H2,23,25,26)(H3,24,28,29,33)/t9-,10-,12?,13+,20+/m0/s1. The SMILES string of the molecule is Nc1nc2c(ncn2[C@@H]2O[C@H](CO)CC2OP(=O)(O)OC[C@@H]2CC[C@H](n3cc(F)c4c(N)ncnc43)O2)c(=O)[nH]1. The van der Waals surface area contributed by atoms with Gasteiger partial charge in [-0.2, -0.15) is 4.98 Å². The number of nitrogens with two attached hydrogens (primary N) is 2. The number of nitrogens with zero attached hydrogens (tertiary/aromatic N) is 6. The molecule has 2 fully saturated rings. The van der Waals surface area contributed by atoms with Crippen LogP contribution in [-0.4, -0.2) is 75.6 Å². The number of H-pyrrole nitrogens is 1. The number of ether oxygens (including phenoxy) is 2. The predicted octanol–water partition coefficient (Wildman–Crippen LogP) is 0.328. The Morgan fingerprint density at radius 2 is 2.00 bits per heavy atom. The number of aromatic nitrogens is 7. The summed E-state index contributed by atoms with van der Waals surface area (Å²) in [6.07, 6.45) is 0.534. The third-order valence-corrected chi connectivity index (χ3v) is 7.77. The highest BCUT2D eigenvalue weighted by atomic mass is 31.2. The molecule has 4 aromatic heterocycles. The number of halogens is 1. The first-order valence-electron chi connectivity index (χ1n) is 12.2. The molecule has 0 saturated carbocycles. The highest BCUT2D eigenvalue weighted by Gasteiger charge is 2.43. The molecular weight excluding hydrogens is 556 g/mol. The summed E-state index contributed by atoms with van der Waals surface area (Å²) in [4.78, 5) is 41.0. The van der Waals surface area contributed by atoms with Gasteiger partial charge in [0.15, 0.2) is 28.9 Å². The minimum Gasteiger partial charge on any atom is -0.394 e. The van der Waals surface area contributed by atoms with E-state index in [1.165, 1.54) is 28.0 Å². The Hall–Kier alpha value is -3.51. The lowest BCUT2D eigenvalue weighted by atomic mass is 10.2. The molecule has 19 heteroatoms. The molecular formula is C21H25FN9O8P. The van der Waals surface area contributed by atoms with Gasteiger partial charge in [-0.25, -0.2) is 23.9 Å². The number of aliphatic hydroxyl groups excluding tert-OH is 1. The molecule has 6 heterocycles. The van der Waals surface area contributed by atoms with Gasteiger partial charge in [0, 0.05) is 12.6 Å². The fourth-order valence-corrected chi connectivity index (χ4v) is 5.92. The van der Waals surface area contributed by atoms with Gasteiger partial charge in [0.1, 0.15) is 24.5 Å². The number of nitrogen functional groups attached to an aromatic ring is 2. The van der Waals surface area contributed by atoms with Crippen LogP contribution in [0.4, 0.5) is 16.2 Å². The molecule has 0 aliphatic carbocycles. The Bertz CT molecular complexity index is 1680. The molecule has 0 bridgehead atoms. The molecule has 0 spiro atoms. The zero-order chi connectivity index (χ0) is 28.2. The highest BCUT2D eigenvalue weighted by Crippen LogP contribution is 2.50. The van der Waals surface area contributed by atoms with Gasteiger partial charge < -0.3 is 35.5 Å². The lowest BCUT2D eigenvalue weighted by molar-refractivity contribution is -0.0535. The first-order valence-corrected chi connectivity index (χ1v) is 13.7. The van der Waals surface area contributed by atoms with Crippen molar-refractivity contribution in [3.8, 4) is 0 Å². The average molecular weight is 581 g/mol. The molecule has 2 aliphatic rings. The third kappa shape index (κ3) is 4.83. The van der Waals surface area contributed by atoms with E-state index in [4.69, 9.17) is 30.0 Å². The molecule has 0 aromatic carbocycles. The number of aromatic amines is 1. The molecule has 2 aliphatic heterocycles. The van der Waals surface area contributed by atoms with E-state index in [-0.39, 0.29) is 47.0 Å². The van der Waals surface area contributed by atoms with E-state index in [1.807, 2.05) is 0 Å². The lowest BCUT2D eigenvalue weighted by Gasteiger charge is -2.23. The fraction of sp³-hybridized carbons (Fsp3) is 0.476. The summed E-state index contributed by atoms with van der Waals surface area (Å²) in [6.45, 7) is -0.690. The van der Waals surface area contributed by atoms with Gasteiger partial charge >= 0.3 is 7.82 Å². The molecule has 4 aromatic rings. The molecule has 40 heavy (non-hydrogen) atoms. The van der Waals surface area contributed by atoms with Gasteiger partial charge in [0.05, 0.1) is 37.1 Å². The van der Waals surface area contributed by atoms with Crippen LogP contribution in [-0.2, 0) is 23.1 Å². The Labute approximate surface area is 223 Å². The zero-order valence-corrected chi connectivity index (χ0v) is 21.6. The molecule has 6 rings (SSSR count). The second-order valence-corrected chi connectivity index (χ2v) is 10.8. The van der Waals surface area contributed by atoms with E-state index in [0.717, 1.165) is 0 Å². The number of phosphoric acid groups is 1. The number of hydrogen-bond donors (Lipinski definition) is 5. The van der Waals surface area contributed by atoms with Gasteiger partial charge in [0.2, 0.25) is 5.95 Å². The maximum absolute atomic E-state index is 14.4. The van der Waals surface area contributed by atoms with Crippen LogP contribution in [0.3, 0.4) is 0 Å². The third-order valence-electron chi connectivity index (χ3n) is 6.75. The second-order valence-electron chi connectivity index (χ2n) is 9.38. The number of nitrogens with one attached hydrogen (secondary N) is 1. The summed E-state index contributed by atoms with van der Waals surface area (Å²) < 4.78 is 52.5. The molecule has 0 radical (unpaired) electrons. The second kappa shape index (κ2) is 10.2. The van der Waals surface area contributed by atoms with Crippen molar-refractivity contribution in [1.29, 1.82) is 0 Å². The van der Waals surface area contributed by atoms with Crippen LogP contribution in [0.25, 0.3) is 22.2 Å². The fourth-order valence-electron chi connectivity index (χ4n) is 4.98. The summed E-state index contributed by atoms with van der Waals surface area (Å²) in [5.41, 5.74) is 11.2. The summed E-state index contributed by atoms with van der Waals surface area (Å²) in [5.74, 6) is -0.747. The van der Waals surface area contributed by atoms with Gasteiger partial charge in [-0.3, -0.25) is 23.4 Å². The van der Waals surface area contributed by atoms with Crippen molar-refractivity contribution in [2.45, 2.75) is 50.0 Å². The van der Waals surface area contributed by atoms with Crippen molar-refractivity contribution in [3.05, 3.63) is 35.0 Å². The molecule has 214 valence electrons. The van der Waals surface area contributed by atoms with Crippen molar-refractivity contribution in [2.75, 3.05) is 24.7 Å². The Kier molecular flexibility index (Phi) is 6.78. The molecule has 6 atom stereocenters. The van der Waals surface area contributed by atoms with Crippen molar-refractivity contribution in [1.82, 2.24) is 34.1 Å². The molecule has 0 amide bonds. The maximum Gasteiger partial charge on any atom is 0.472 e. The summed E-state index contributed by atoms with van der Waals surface area (Å²) in [5, 5.41) is 9.72. The molecule has 2 saturated heterocycles. The normalized spacial score (nSPS) is 26.6. The van der Waals surface area contributed by atoms with Gasteiger partial charge in [0.25, 0.3) is 5.56 Å². The van der Waals surface area contributed by atoms with Gasteiger partial charge in [-0.05, 0) is 12.8 Å².